The van der Waals surface area contributed by atoms with Gasteiger partial charge in [-0.05, 0) is 28.1 Å². The van der Waals surface area contributed by atoms with Gasteiger partial charge in [0.1, 0.15) is 5.15 Å². The lowest BCUT2D eigenvalue weighted by atomic mass is 10.3. The molecule has 0 aliphatic heterocycles. The Morgan fingerprint density at radius 2 is 2.05 bits per heavy atom. The SMILES string of the molecule is Cn1nc(CN(c2ccccc2Br)S(C)(=O)=O)cc1Cl. The number of aryl methyl sites for hydroxylation is 1. The Balaban J connectivity index is 2.42. The quantitative estimate of drug-likeness (QED) is 0.822. The van der Waals surface area contributed by atoms with Crippen LogP contribution in [0.4, 0.5) is 5.69 Å². The summed E-state index contributed by atoms with van der Waals surface area (Å²) in [5, 5.41) is 4.64. The molecule has 0 N–H and O–H groups in total. The molecule has 0 amide bonds. The number of hydrogen-bond acceptors (Lipinski definition) is 3. The lowest BCUT2D eigenvalue weighted by Crippen LogP contribution is -2.29. The molecular formula is C12H13BrClN3O2S. The monoisotopic (exact) mass is 377 g/mol. The molecule has 5 nitrogen and oxygen atoms in total. The second-order valence-electron chi connectivity index (χ2n) is 4.30. The van der Waals surface area contributed by atoms with Crippen LogP contribution in [0.2, 0.25) is 5.15 Å². The third-order valence-electron chi connectivity index (χ3n) is 2.70. The predicted octanol–water partition coefficient (Wildman–Crippen LogP) is 2.80. The Kier molecular flexibility index (Phi) is 4.41. The molecule has 0 radical (unpaired) electrons. The molecule has 0 spiro atoms. The van der Waals surface area contributed by atoms with Crippen LogP contribution in [0.25, 0.3) is 0 Å². The van der Waals surface area contributed by atoms with Crippen LogP contribution in [-0.2, 0) is 23.6 Å². The maximum atomic E-state index is 12.0. The minimum atomic E-state index is -3.43. The number of hydrogen-bond donors (Lipinski definition) is 0. The summed E-state index contributed by atoms with van der Waals surface area (Å²) in [6.07, 6.45) is 1.16. The molecule has 2 aromatic rings. The smallest absolute Gasteiger partial charge is 0.232 e. The van der Waals surface area contributed by atoms with Gasteiger partial charge in [0.2, 0.25) is 10.0 Å². The van der Waals surface area contributed by atoms with Crippen molar-refractivity contribution in [1.82, 2.24) is 9.78 Å². The molecule has 1 heterocycles. The first-order chi connectivity index (χ1) is 9.29. The first-order valence-corrected chi connectivity index (χ1v) is 8.71. The van der Waals surface area contributed by atoms with Crippen LogP contribution in [-0.4, -0.2) is 24.5 Å². The molecule has 8 heteroatoms. The van der Waals surface area contributed by atoms with E-state index in [0.717, 1.165) is 6.26 Å². The number of benzene rings is 1. The molecule has 0 saturated heterocycles. The molecule has 0 bridgehead atoms. The lowest BCUT2D eigenvalue weighted by Gasteiger charge is -2.22. The van der Waals surface area contributed by atoms with Gasteiger partial charge in [0.25, 0.3) is 0 Å². The minimum Gasteiger partial charge on any atom is -0.263 e. The van der Waals surface area contributed by atoms with Gasteiger partial charge >= 0.3 is 0 Å². The standard InChI is InChI=1S/C12H13BrClN3O2S/c1-16-12(14)7-9(15-16)8-17(20(2,18)19)11-6-4-3-5-10(11)13/h3-7H,8H2,1-2H3. The summed E-state index contributed by atoms with van der Waals surface area (Å²) in [6.45, 7) is 0.127. The molecule has 0 aliphatic carbocycles. The summed E-state index contributed by atoms with van der Waals surface area (Å²) in [5.41, 5.74) is 1.15. The number of aromatic nitrogens is 2. The zero-order valence-electron chi connectivity index (χ0n) is 10.9. The average Bonchev–Trinajstić information content (AvgIpc) is 2.65. The van der Waals surface area contributed by atoms with Crippen molar-refractivity contribution in [3.05, 3.63) is 45.7 Å². The van der Waals surface area contributed by atoms with Gasteiger partial charge in [-0.2, -0.15) is 5.10 Å². The van der Waals surface area contributed by atoms with Crippen LogP contribution >= 0.6 is 27.5 Å². The average molecular weight is 379 g/mol. The highest BCUT2D eigenvalue weighted by atomic mass is 79.9. The van der Waals surface area contributed by atoms with Crippen molar-refractivity contribution in [2.75, 3.05) is 10.6 Å². The van der Waals surface area contributed by atoms with Crippen molar-refractivity contribution in [2.45, 2.75) is 6.54 Å². The molecule has 0 unspecified atom stereocenters. The number of para-hydroxylation sites is 1. The summed E-state index contributed by atoms with van der Waals surface area (Å²) < 4.78 is 27.5. The van der Waals surface area contributed by atoms with E-state index in [4.69, 9.17) is 11.6 Å². The molecule has 108 valence electrons. The highest BCUT2D eigenvalue weighted by Gasteiger charge is 2.21. The van der Waals surface area contributed by atoms with Crippen molar-refractivity contribution in [1.29, 1.82) is 0 Å². The first-order valence-electron chi connectivity index (χ1n) is 5.69. The predicted molar refractivity (Wildman–Crippen MR) is 83.4 cm³/mol. The molecule has 0 aliphatic rings. The van der Waals surface area contributed by atoms with E-state index >= 15 is 0 Å². The van der Waals surface area contributed by atoms with Gasteiger partial charge in [-0.15, -0.1) is 0 Å². The van der Waals surface area contributed by atoms with Gasteiger partial charge in [-0.1, -0.05) is 23.7 Å². The fourth-order valence-corrected chi connectivity index (χ4v) is 3.42. The summed E-state index contributed by atoms with van der Waals surface area (Å²) in [6, 6.07) is 8.78. The van der Waals surface area contributed by atoms with E-state index < -0.39 is 10.0 Å². The highest BCUT2D eigenvalue weighted by molar-refractivity contribution is 9.10. The summed E-state index contributed by atoms with van der Waals surface area (Å²) in [5.74, 6) is 0. The Morgan fingerprint density at radius 3 is 2.55 bits per heavy atom. The Bertz CT molecular complexity index is 711. The van der Waals surface area contributed by atoms with E-state index in [1.54, 1.807) is 31.3 Å². The molecule has 20 heavy (non-hydrogen) atoms. The number of anilines is 1. The molecule has 0 fully saturated rings. The van der Waals surface area contributed by atoms with Gasteiger partial charge in [-0.25, -0.2) is 8.42 Å². The van der Waals surface area contributed by atoms with E-state index in [2.05, 4.69) is 21.0 Å². The first kappa shape index (κ1) is 15.3. The van der Waals surface area contributed by atoms with Crippen LogP contribution in [0.5, 0.6) is 0 Å². The fraction of sp³-hybridized carbons (Fsp3) is 0.250. The molecule has 2 rings (SSSR count). The van der Waals surface area contributed by atoms with Crippen LogP contribution in [0.1, 0.15) is 5.69 Å². The van der Waals surface area contributed by atoms with Crippen molar-refractivity contribution < 1.29 is 8.42 Å². The van der Waals surface area contributed by atoms with Gasteiger partial charge < -0.3 is 0 Å². The van der Waals surface area contributed by atoms with Crippen molar-refractivity contribution in [2.24, 2.45) is 7.05 Å². The maximum Gasteiger partial charge on any atom is 0.232 e. The fourth-order valence-electron chi connectivity index (χ4n) is 1.76. The zero-order chi connectivity index (χ0) is 14.9. The maximum absolute atomic E-state index is 12.0. The zero-order valence-corrected chi connectivity index (χ0v) is 14.1. The normalized spacial score (nSPS) is 11.6. The van der Waals surface area contributed by atoms with E-state index in [-0.39, 0.29) is 6.54 Å². The Hall–Kier alpha value is -1.05. The minimum absolute atomic E-state index is 0.127. The van der Waals surface area contributed by atoms with Gasteiger partial charge in [0, 0.05) is 17.6 Å². The van der Waals surface area contributed by atoms with Crippen molar-refractivity contribution in [3.8, 4) is 0 Å². The number of halogens is 2. The van der Waals surface area contributed by atoms with Crippen molar-refractivity contribution in [3.63, 3.8) is 0 Å². The van der Waals surface area contributed by atoms with Crippen LogP contribution < -0.4 is 4.31 Å². The Labute approximate surface area is 131 Å². The van der Waals surface area contributed by atoms with E-state index in [9.17, 15) is 8.42 Å². The molecule has 1 aromatic heterocycles. The third-order valence-corrected chi connectivity index (χ3v) is 4.85. The van der Waals surface area contributed by atoms with Gasteiger partial charge in [0.15, 0.2) is 0 Å². The van der Waals surface area contributed by atoms with Crippen LogP contribution in [0, 0.1) is 0 Å². The van der Waals surface area contributed by atoms with Crippen molar-refractivity contribution >= 4 is 43.2 Å². The lowest BCUT2D eigenvalue weighted by molar-refractivity contribution is 0.595. The van der Waals surface area contributed by atoms with Crippen LogP contribution in [0.3, 0.4) is 0 Å². The number of nitrogens with zero attached hydrogens (tertiary/aromatic N) is 3. The molecular weight excluding hydrogens is 366 g/mol. The van der Waals surface area contributed by atoms with Gasteiger partial charge in [-0.3, -0.25) is 8.99 Å². The summed E-state index contributed by atoms with van der Waals surface area (Å²) >= 11 is 9.29. The van der Waals surface area contributed by atoms with E-state index in [1.165, 1.54) is 8.99 Å². The highest BCUT2D eigenvalue weighted by Crippen LogP contribution is 2.29. The van der Waals surface area contributed by atoms with E-state index in [1.807, 2.05) is 6.07 Å². The second-order valence-corrected chi connectivity index (χ2v) is 7.45. The summed E-state index contributed by atoms with van der Waals surface area (Å²) in [4.78, 5) is 0. The van der Waals surface area contributed by atoms with E-state index in [0.29, 0.717) is 21.0 Å². The third kappa shape index (κ3) is 3.34. The second kappa shape index (κ2) is 5.75. The topological polar surface area (TPSA) is 55.2 Å². The van der Waals surface area contributed by atoms with Crippen LogP contribution in [0.15, 0.2) is 34.8 Å². The summed E-state index contributed by atoms with van der Waals surface area (Å²) in [7, 11) is -1.73. The molecule has 0 saturated carbocycles. The Morgan fingerprint density at radius 1 is 1.40 bits per heavy atom. The molecule has 0 atom stereocenters. The largest absolute Gasteiger partial charge is 0.263 e. The number of sulfonamides is 1. The van der Waals surface area contributed by atoms with Gasteiger partial charge in [0.05, 0.1) is 24.2 Å². The number of rotatable bonds is 4. The molecule has 1 aromatic carbocycles.